The number of aliphatic carboxylic acids is 2. The van der Waals surface area contributed by atoms with Gasteiger partial charge in [0.2, 0.25) is 0 Å². The second-order valence-electron chi connectivity index (χ2n) is 4.73. The third-order valence-electron chi connectivity index (χ3n) is 3.36. The quantitative estimate of drug-likeness (QED) is 0.884. The SMILES string of the molecule is CC(CC(=O)O)(C(=O)O)c1cccc2ccccc12. The van der Waals surface area contributed by atoms with Crippen molar-refractivity contribution in [2.75, 3.05) is 0 Å². The van der Waals surface area contributed by atoms with Crippen LogP contribution in [0.15, 0.2) is 42.5 Å². The summed E-state index contributed by atoms with van der Waals surface area (Å²) in [6, 6.07) is 12.7. The predicted octanol–water partition coefficient (Wildman–Crippen LogP) is 2.66. The van der Waals surface area contributed by atoms with Gasteiger partial charge in [0, 0.05) is 0 Å². The smallest absolute Gasteiger partial charge is 0.314 e. The summed E-state index contributed by atoms with van der Waals surface area (Å²) in [4.78, 5) is 22.5. The van der Waals surface area contributed by atoms with Crippen molar-refractivity contribution in [3.63, 3.8) is 0 Å². The largest absolute Gasteiger partial charge is 0.481 e. The van der Waals surface area contributed by atoms with E-state index in [9.17, 15) is 14.7 Å². The summed E-state index contributed by atoms with van der Waals surface area (Å²) < 4.78 is 0. The molecule has 19 heavy (non-hydrogen) atoms. The molecule has 0 aliphatic heterocycles. The number of rotatable bonds is 4. The van der Waals surface area contributed by atoms with Crippen molar-refractivity contribution in [1.82, 2.24) is 0 Å². The van der Waals surface area contributed by atoms with Crippen LogP contribution in [-0.4, -0.2) is 22.2 Å². The maximum atomic E-state index is 11.5. The number of benzene rings is 2. The van der Waals surface area contributed by atoms with Crippen molar-refractivity contribution in [3.05, 3.63) is 48.0 Å². The van der Waals surface area contributed by atoms with Crippen molar-refractivity contribution in [1.29, 1.82) is 0 Å². The molecule has 0 amide bonds. The van der Waals surface area contributed by atoms with Crippen LogP contribution in [0.3, 0.4) is 0 Å². The minimum absolute atomic E-state index is 0.448. The molecule has 0 saturated heterocycles. The van der Waals surface area contributed by atoms with Crippen LogP contribution in [0, 0.1) is 0 Å². The standard InChI is InChI=1S/C15H14O4/c1-15(14(18)19,9-13(16)17)12-8-4-6-10-5-2-3-7-11(10)12/h2-8H,9H2,1H3,(H,16,17)(H,18,19). The van der Waals surface area contributed by atoms with Gasteiger partial charge in [-0.25, -0.2) is 0 Å². The lowest BCUT2D eigenvalue weighted by atomic mass is 9.77. The highest BCUT2D eigenvalue weighted by Crippen LogP contribution is 2.33. The highest BCUT2D eigenvalue weighted by Gasteiger charge is 2.38. The Labute approximate surface area is 110 Å². The molecule has 1 unspecified atom stereocenters. The fraction of sp³-hybridized carbons (Fsp3) is 0.200. The van der Waals surface area contributed by atoms with Crippen molar-refractivity contribution in [2.45, 2.75) is 18.8 Å². The summed E-state index contributed by atoms with van der Waals surface area (Å²) >= 11 is 0. The summed E-state index contributed by atoms with van der Waals surface area (Å²) in [7, 11) is 0. The zero-order valence-corrected chi connectivity index (χ0v) is 10.5. The van der Waals surface area contributed by atoms with E-state index < -0.39 is 23.8 Å². The third-order valence-corrected chi connectivity index (χ3v) is 3.36. The average molecular weight is 258 g/mol. The van der Waals surface area contributed by atoms with Crippen molar-refractivity contribution < 1.29 is 19.8 Å². The van der Waals surface area contributed by atoms with Crippen LogP contribution in [0.2, 0.25) is 0 Å². The Hall–Kier alpha value is -2.36. The van der Waals surface area contributed by atoms with Gasteiger partial charge in [-0.05, 0) is 23.3 Å². The van der Waals surface area contributed by atoms with Crippen LogP contribution in [0.5, 0.6) is 0 Å². The highest BCUT2D eigenvalue weighted by molar-refractivity contribution is 5.95. The summed E-state index contributed by atoms with van der Waals surface area (Å²) in [5.41, 5.74) is -0.910. The Morgan fingerprint density at radius 3 is 2.32 bits per heavy atom. The molecule has 0 bridgehead atoms. The van der Waals surface area contributed by atoms with E-state index in [0.29, 0.717) is 5.56 Å². The molecule has 0 aromatic heterocycles. The van der Waals surface area contributed by atoms with E-state index in [0.717, 1.165) is 10.8 Å². The first kappa shape index (κ1) is 13.1. The molecule has 2 aromatic carbocycles. The van der Waals surface area contributed by atoms with Gasteiger partial charge in [0.15, 0.2) is 0 Å². The summed E-state index contributed by atoms with van der Waals surface area (Å²) in [5, 5.41) is 20.1. The molecule has 2 aromatic rings. The van der Waals surface area contributed by atoms with Crippen LogP contribution in [0.25, 0.3) is 10.8 Å². The van der Waals surface area contributed by atoms with E-state index in [1.54, 1.807) is 12.1 Å². The van der Waals surface area contributed by atoms with Gasteiger partial charge in [-0.1, -0.05) is 42.5 Å². The molecule has 4 nitrogen and oxygen atoms in total. The lowest BCUT2D eigenvalue weighted by molar-refractivity contribution is -0.149. The monoisotopic (exact) mass is 258 g/mol. The Morgan fingerprint density at radius 1 is 1.05 bits per heavy atom. The minimum atomic E-state index is -1.44. The van der Waals surface area contributed by atoms with E-state index >= 15 is 0 Å². The molecule has 2 N–H and O–H groups in total. The molecule has 0 aliphatic rings. The second kappa shape index (κ2) is 4.72. The molecule has 2 rings (SSSR count). The molecule has 1 atom stereocenters. The lowest BCUT2D eigenvalue weighted by Gasteiger charge is -2.25. The van der Waals surface area contributed by atoms with Gasteiger partial charge >= 0.3 is 11.9 Å². The Kier molecular flexibility index (Phi) is 3.25. The first-order chi connectivity index (χ1) is 8.95. The van der Waals surface area contributed by atoms with Gasteiger partial charge in [-0.3, -0.25) is 9.59 Å². The average Bonchev–Trinajstić information content (AvgIpc) is 2.37. The second-order valence-corrected chi connectivity index (χ2v) is 4.73. The van der Waals surface area contributed by atoms with Crippen LogP contribution in [0.1, 0.15) is 18.9 Å². The van der Waals surface area contributed by atoms with Gasteiger partial charge in [0.1, 0.15) is 5.41 Å². The molecule has 4 heteroatoms. The Balaban J connectivity index is 2.69. The van der Waals surface area contributed by atoms with Crippen molar-refractivity contribution in [2.24, 2.45) is 0 Å². The zero-order valence-electron chi connectivity index (χ0n) is 10.5. The van der Waals surface area contributed by atoms with Gasteiger partial charge in [-0.2, -0.15) is 0 Å². The number of hydrogen-bond donors (Lipinski definition) is 2. The molecular formula is C15H14O4. The van der Waals surface area contributed by atoms with Gasteiger partial charge in [-0.15, -0.1) is 0 Å². The minimum Gasteiger partial charge on any atom is -0.481 e. The predicted molar refractivity (Wildman–Crippen MR) is 71.2 cm³/mol. The van der Waals surface area contributed by atoms with Gasteiger partial charge in [0.05, 0.1) is 6.42 Å². The first-order valence-corrected chi connectivity index (χ1v) is 5.88. The van der Waals surface area contributed by atoms with E-state index in [-0.39, 0.29) is 0 Å². The maximum absolute atomic E-state index is 11.5. The Bertz CT molecular complexity index is 642. The van der Waals surface area contributed by atoms with Crippen LogP contribution >= 0.6 is 0 Å². The maximum Gasteiger partial charge on any atom is 0.314 e. The van der Waals surface area contributed by atoms with Crippen LogP contribution < -0.4 is 0 Å². The number of carbonyl (C=O) groups is 2. The third kappa shape index (κ3) is 2.29. The lowest BCUT2D eigenvalue weighted by Crippen LogP contribution is -2.35. The molecule has 0 saturated carbocycles. The van der Waals surface area contributed by atoms with Crippen LogP contribution in [-0.2, 0) is 15.0 Å². The summed E-state index contributed by atoms with van der Waals surface area (Å²) in [5.74, 6) is -2.26. The summed E-state index contributed by atoms with van der Waals surface area (Å²) in [6.45, 7) is 1.45. The van der Waals surface area contributed by atoms with Crippen molar-refractivity contribution >= 4 is 22.7 Å². The van der Waals surface area contributed by atoms with Crippen LogP contribution in [0.4, 0.5) is 0 Å². The topological polar surface area (TPSA) is 74.6 Å². The fourth-order valence-electron chi connectivity index (χ4n) is 2.30. The molecule has 0 spiro atoms. The summed E-state index contributed by atoms with van der Waals surface area (Å²) in [6.07, 6.45) is -0.448. The van der Waals surface area contributed by atoms with E-state index in [1.807, 2.05) is 30.3 Å². The number of hydrogen-bond acceptors (Lipinski definition) is 2. The van der Waals surface area contributed by atoms with Gasteiger partial charge in [0.25, 0.3) is 0 Å². The fourth-order valence-corrected chi connectivity index (χ4v) is 2.30. The van der Waals surface area contributed by atoms with Crippen molar-refractivity contribution in [3.8, 4) is 0 Å². The van der Waals surface area contributed by atoms with E-state index in [4.69, 9.17) is 5.11 Å². The van der Waals surface area contributed by atoms with E-state index in [2.05, 4.69) is 0 Å². The molecular weight excluding hydrogens is 244 g/mol. The van der Waals surface area contributed by atoms with E-state index in [1.165, 1.54) is 6.92 Å². The number of carboxylic acid groups (broad SMARTS) is 2. The Morgan fingerprint density at radius 2 is 1.68 bits per heavy atom. The highest BCUT2D eigenvalue weighted by atomic mass is 16.4. The zero-order chi connectivity index (χ0) is 14.0. The van der Waals surface area contributed by atoms with Gasteiger partial charge < -0.3 is 10.2 Å². The number of fused-ring (bicyclic) bond motifs is 1. The molecule has 0 radical (unpaired) electrons. The molecule has 0 aliphatic carbocycles. The molecule has 98 valence electrons. The molecule has 0 heterocycles. The number of carboxylic acids is 2. The molecule has 0 fully saturated rings. The first-order valence-electron chi connectivity index (χ1n) is 5.88. The normalized spacial score (nSPS) is 13.9.